The highest BCUT2D eigenvalue weighted by molar-refractivity contribution is 6.03. The van der Waals surface area contributed by atoms with Crippen LogP contribution in [0.15, 0.2) is 42.5 Å². The summed E-state index contributed by atoms with van der Waals surface area (Å²) in [6.07, 6.45) is 1.95. The van der Waals surface area contributed by atoms with E-state index in [-0.39, 0.29) is 28.6 Å². The number of hydrogen-bond donors (Lipinski definition) is 1. The van der Waals surface area contributed by atoms with E-state index in [1.807, 2.05) is 24.3 Å². The lowest BCUT2D eigenvalue weighted by Gasteiger charge is -2.19. The molecule has 2 aromatic rings. The van der Waals surface area contributed by atoms with Crippen molar-refractivity contribution in [2.75, 3.05) is 18.9 Å². The first kappa shape index (κ1) is 20.6. The number of pyridine rings is 1. The van der Waals surface area contributed by atoms with Crippen LogP contribution in [0, 0.1) is 0 Å². The Kier molecular flexibility index (Phi) is 6.72. The Labute approximate surface area is 161 Å². The maximum Gasteiger partial charge on any atom is 0.274 e. The summed E-state index contributed by atoms with van der Waals surface area (Å²) in [5.74, 6) is -0.503. The second-order valence-corrected chi connectivity index (χ2v) is 7.77. The minimum Gasteiger partial charge on any atom is -0.340 e. The highest BCUT2D eigenvalue weighted by Gasteiger charge is 2.16. The minimum atomic E-state index is -0.329. The fourth-order valence-corrected chi connectivity index (χ4v) is 2.62. The standard InChI is InChI=1S/C22H29N3O2/c1-6-7-15-25(5)21(27)19-10-8-9-18(24-19)20(26)23-17-13-11-16(12-14-17)22(2,3)4/h8-14H,6-7,15H2,1-5H3,(H,23,26). The predicted octanol–water partition coefficient (Wildman–Crippen LogP) is 4.50. The van der Waals surface area contributed by atoms with Gasteiger partial charge in [-0.2, -0.15) is 0 Å². The molecule has 144 valence electrons. The van der Waals surface area contributed by atoms with Crippen molar-refractivity contribution < 1.29 is 9.59 Å². The molecular formula is C22H29N3O2. The van der Waals surface area contributed by atoms with Gasteiger partial charge >= 0.3 is 0 Å². The van der Waals surface area contributed by atoms with Crippen LogP contribution in [0.3, 0.4) is 0 Å². The maximum absolute atomic E-state index is 12.5. The lowest BCUT2D eigenvalue weighted by atomic mass is 9.87. The smallest absolute Gasteiger partial charge is 0.274 e. The summed E-state index contributed by atoms with van der Waals surface area (Å²) in [6, 6.07) is 12.7. The van der Waals surface area contributed by atoms with Gasteiger partial charge in [-0.15, -0.1) is 0 Å². The largest absolute Gasteiger partial charge is 0.340 e. The molecule has 0 unspecified atom stereocenters. The van der Waals surface area contributed by atoms with Gasteiger partial charge in [0.05, 0.1) is 0 Å². The number of nitrogens with zero attached hydrogens (tertiary/aromatic N) is 2. The fraction of sp³-hybridized carbons (Fsp3) is 0.409. The molecule has 2 rings (SSSR count). The minimum absolute atomic E-state index is 0.0581. The molecule has 1 aromatic carbocycles. The van der Waals surface area contributed by atoms with Crippen LogP contribution >= 0.6 is 0 Å². The van der Waals surface area contributed by atoms with Gasteiger partial charge in [-0.05, 0) is 41.7 Å². The fourth-order valence-electron chi connectivity index (χ4n) is 2.62. The number of nitrogens with one attached hydrogen (secondary N) is 1. The Morgan fingerprint density at radius 3 is 2.26 bits per heavy atom. The SMILES string of the molecule is CCCCN(C)C(=O)c1cccc(C(=O)Nc2ccc(C(C)(C)C)cc2)n1. The zero-order chi connectivity index (χ0) is 20.0. The number of carbonyl (C=O) groups is 2. The molecule has 2 amide bonds. The monoisotopic (exact) mass is 367 g/mol. The molecule has 0 saturated heterocycles. The van der Waals surface area contributed by atoms with Crippen molar-refractivity contribution >= 4 is 17.5 Å². The van der Waals surface area contributed by atoms with E-state index in [0.717, 1.165) is 12.8 Å². The molecule has 27 heavy (non-hydrogen) atoms. The Morgan fingerprint density at radius 2 is 1.67 bits per heavy atom. The second-order valence-electron chi connectivity index (χ2n) is 7.77. The third kappa shape index (κ3) is 5.64. The van der Waals surface area contributed by atoms with Crippen LogP contribution in [0.1, 0.15) is 67.1 Å². The molecule has 0 atom stereocenters. The zero-order valence-corrected chi connectivity index (χ0v) is 16.9. The van der Waals surface area contributed by atoms with Crippen molar-refractivity contribution in [3.63, 3.8) is 0 Å². The zero-order valence-electron chi connectivity index (χ0n) is 16.9. The highest BCUT2D eigenvalue weighted by Crippen LogP contribution is 2.23. The summed E-state index contributed by atoms with van der Waals surface area (Å²) in [5, 5.41) is 2.84. The number of aromatic nitrogens is 1. The Hall–Kier alpha value is -2.69. The molecule has 0 radical (unpaired) electrons. The highest BCUT2D eigenvalue weighted by atomic mass is 16.2. The van der Waals surface area contributed by atoms with Gasteiger partial charge in [-0.1, -0.05) is 52.3 Å². The molecule has 1 aromatic heterocycles. The van der Waals surface area contributed by atoms with E-state index in [0.29, 0.717) is 12.2 Å². The molecule has 0 bridgehead atoms. The van der Waals surface area contributed by atoms with Crippen LogP contribution in [0.25, 0.3) is 0 Å². The molecule has 5 heteroatoms. The number of carbonyl (C=O) groups excluding carboxylic acids is 2. The van der Waals surface area contributed by atoms with Crippen LogP contribution in [-0.4, -0.2) is 35.3 Å². The number of benzene rings is 1. The molecule has 0 saturated carbocycles. The van der Waals surface area contributed by atoms with Gasteiger partial charge in [0, 0.05) is 19.3 Å². The van der Waals surface area contributed by atoms with Gasteiger partial charge in [0.1, 0.15) is 11.4 Å². The molecule has 0 aliphatic carbocycles. The first-order valence-electron chi connectivity index (χ1n) is 9.37. The first-order valence-corrected chi connectivity index (χ1v) is 9.37. The second kappa shape index (κ2) is 8.80. The Morgan fingerprint density at radius 1 is 1.04 bits per heavy atom. The van der Waals surface area contributed by atoms with Crippen molar-refractivity contribution in [3.8, 4) is 0 Å². The summed E-state index contributed by atoms with van der Waals surface area (Å²) < 4.78 is 0. The lowest BCUT2D eigenvalue weighted by Crippen LogP contribution is -2.29. The average Bonchev–Trinajstić information content (AvgIpc) is 2.65. The van der Waals surface area contributed by atoms with Crippen molar-refractivity contribution in [1.29, 1.82) is 0 Å². The van der Waals surface area contributed by atoms with Crippen LogP contribution in [0.4, 0.5) is 5.69 Å². The number of unbranched alkanes of at least 4 members (excludes halogenated alkanes) is 1. The van der Waals surface area contributed by atoms with Gasteiger partial charge in [0.2, 0.25) is 0 Å². The van der Waals surface area contributed by atoms with Crippen LogP contribution in [0.2, 0.25) is 0 Å². The van der Waals surface area contributed by atoms with Gasteiger partial charge in [-0.25, -0.2) is 4.98 Å². The van der Waals surface area contributed by atoms with Crippen molar-refractivity contribution in [3.05, 3.63) is 59.4 Å². The summed E-state index contributed by atoms with van der Waals surface area (Å²) >= 11 is 0. The van der Waals surface area contributed by atoms with Crippen molar-refractivity contribution in [1.82, 2.24) is 9.88 Å². The van der Waals surface area contributed by atoms with Crippen LogP contribution in [0.5, 0.6) is 0 Å². The molecule has 0 spiro atoms. The third-order valence-electron chi connectivity index (χ3n) is 4.40. The van der Waals surface area contributed by atoms with Crippen LogP contribution in [-0.2, 0) is 5.41 Å². The van der Waals surface area contributed by atoms with E-state index in [4.69, 9.17) is 0 Å². The van der Waals surface area contributed by atoms with Crippen molar-refractivity contribution in [2.45, 2.75) is 46.0 Å². The molecule has 0 aliphatic rings. The quantitative estimate of drug-likeness (QED) is 0.817. The maximum atomic E-state index is 12.5. The molecule has 1 N–H and O–H groups in total. The van der Waals surface area contributed by atoms with Crippen LogP contribution < -0.4 is 5.32 Å². The number of amides is 2. The van der Waals surface area contributed by atoms with Gasteiger partial charge in [-0.3, -0.25) is 9.59 Å². The summed E-state index contributed by atoms with van der Waals surface area (Å²) in [5.41, 5.74) is 2.46. The molecule has 0 aliphatic heterocycles. The molecular weight excluding hydrogens is 338 g/mol. The van der Waals surface area contributed by atoms with E-state index in [2.05, 4.69) is 38.0 Å². The summed E-state index contributed by atoms with van der Waals surface area (Å²) in [6.45, 7) is 9.18. The molecule has 1 heterocycles. The lowest BCUT2D eigenvalue weighted by molar-refractivity contribution is 0.0787. The molecule has 0 fully saturated rings. The van der Waals surface area contributed by atoms with E-state index in [1.165, 1.54) is 5.56 Å². The van der Waals surface area contributed by atoms with Crippen molar-refractivity contribution in [2.24, 2.45) is 0 Å². The van der Waals surface area contributed by atoms with Gasteiger partial charge in [0.25, 0.3) is 11.8 Å². The predicted molar refractivity (Wildman–Crippen MR) is 109 cm³/mol. The summed E-state index contributed by atoms with van der Waals surface area (Å²) in [4.78, 5) is 30.9. The normalized spacial score (nSPS) is 11.1. The third-order valence-corrected chi connectivity index (χ3v) is 4.40. The van der Waals surface area contributed by atoms with Gasteiger partial charge < -0.3 is 10.2 Å². The first-order chi connectivity index (χ1) is 12.7. The molecule has 5 nitrogen and oxygen atoms in total. The topological polar surface area (TPSA) is 62.3 Å². The van der Waals surface area contributed by atoms with E-state index >= 15 is 0 Å². The van der Waals surface area contributed by atoms with E-state index in [1.54, 1.807) is 30.1 Å². The van der Waals surface area contributed by atoms with E-state index < -0.39 is 0 Å². The summed E-state index contributed by atoms with van der Waals surface area (Å²) in [7, 11) is 1.75. The Bertz CT molecular complexity index is 792. The number of hydrogen-bond acceptors (Lipinski definition) is 3. The van der Waals surface area contributed by atoms with E-state index in [9.17, 15) is 9.59 Å². The number of rotatable bonds is 6. The Balaban J connectivity index is 2.10. The number of anilines is 1. The average molecular weight is 367 g/mol. The van der Waals surface area contributed by atoms with Gasteiger partial charge in [0.15, 0.2) is 0 Å².